The second kappa shape index (κ2) is 8.59. The van der Waals surface area contributed by atoms with Gasteiger partial charge in [-0.1, -0.05) is 30.3 Å². The van der Waals surface area contributed by atoms with Gasteiger partial charge in [-0.2, -0.15) is 0 Å². The molecule has 8 heteroatoms. The monoisotopic (exact) mass is 442 g/mol. The highest BCUT2D eigenvalue weighted by molar-refractivity contribution is 6.27. The van der Waals surface area contributed by atoms with Crippen molar-refractivity contribution in [3.63, 3.8) is 0 Å². The molecule has 2 aromatic carbocycles. The summed E-state index contributed by atoms with van der Waals surface area (Å²) < 4.78 is 9.82. The number of halogens is 1. The van der Waals surface area contributed by atoms with Gasteiger partial charge < -0.3 is 19.7 Å². The van der Waals surface area contributed by atoms with Crippen LogP contribution in [0.2, 0.25) is 0 Å². The van der Waals surface area contributed by atoms with E-state index in [4.69, 9.17) is 21.1 Å². The topological polar surface area (TPSA) is 84.9 Å². The van der Waals surface area contributed by atoms with Gasteiger partial charge in [0, 0.05) is 11.6 Å². The van der Waals surface area contributed by atoms with Crippen LogP contribution in [0.5, 0.6) is 0 Å². The van der Waals surface area contributed by atoms with Gasteiger partial charge in [-0.15, -0.1) is 11.6 Å². The summed E-state index contributed by atoms with van der Waals surface area (Å²) in [6, 6.07) is 13.4. The maximum absolute atomic E-state index is 12.9. The molecule has 2 heterocycles. The Balaban J connectivity index is 1.82. The second-order valence-corrected chi connectivity index (χ2v) is 7.90. The van der Waals surface area contributed by atoms with Gasteiger partial charge in [0.1, 0.15) is 11.9 Å². The zero-order valence-electron chi connectivity index (χ0n) is 17.2. The number of anilines is 1. The van der Waals surface area contributed by atoms with Crippen molar-refractivity contribution in [3.8, 4) is 0 Å². The van der Waals surface area contributed by atoms with Crippen LogP contribution in [-0.4, -0.2) is 54.9 Å². The first-order valence-corrected chi connectivity index (χ1v) is 10.5. The van der Waals surface area contributed by atoms with Gasteiger partial charge in [0.2, 0.25) is 5.91 Å². The molecule has 0 aliphatic carbocycles. The number of amides is 1. The molecular formula is C23H23ClN2O5. The average molecular weight is 443 g/mol. The Labute approximate surface area is 185 Å². The molecule has 2 aliphatic heterocycles. The number of fused-ring (bicyclic) bond motifs is 3. The Hall–Kier alpha value is -3.06. The van der Waals surface area contributed by atoms with Crippen molar-refractivity contribution in [2.24, 2.45) is 0 Å². The highest BCUT2D eigenvalue weighted by atomic mass is 35.5. The third-order valence-corrected chi connectivity index (χ3v) is 6.35. The number of nitrogens with zero attached hydrogens (tertiary/aromatic N) is 1. The Kier molecular flexibility index (Phi) is 5.87. The maximum atomic E-state index is 12.9. The predicted octanol–water partition coefficient (Wildman–Crippen LogP) is 3.10. The zero-order chi connectivity index (χ0) is 22.1. The van der Waals surface area contributed by atoms with Gasteiger partial charge in [0.15, 0.2) is 0 Å². The lowest BCUT2D eigenvalue weighted by molar-refractivity contribution is -0.157. The van der Waals surface area contributed by atoms with E-state index in [0.717, 1.165) is 16.8 Å². The Morgan fingerprint density at radius 3 is 2.42 bits per heavy atom. The number of rotatable bonds is 4. The number of nitrogens with one attached hydrogen (secondary N) is 1. The summed E-state index contributed by atoms with van der Waals surface area (Å²) in [6.45, 7) is 0. The number of esters is 2. The fourth-order valence-corrected chi connectivity index (χ4v) is 4.90. The summed E-state index contributed by atoms with van der Waals surface area (Å²) in [6.07, 6.45) is 0.431. The van der Waals surface area contributed by atoms with E-state index in [1.165, 1.54) is 19.1 Å². The highest BCUT2D eigenvalue weighted by Gasteiger charge is 2.51. The summed E-state index contributed by atoms with van der Waals surface area (Å²) in [7, 11) is 2.64. The van der Waals surface area contributed by atoms with Crippen molar-refractivity contribution < 1.29 is 23.9 Å². The number of para-hydroxylation sites is 1. The molecule has 4 atom stereocenters. The van der Waals surface area contributed by atoms with Crippen molar-refractivity contribution in [1.82, 2.24) is 4.90 Å². The lowest BCUT2D eigenvalue weighted by Gasteiger charge is -2.47. The number of piperidine rings is 1. The standard InChI is InChI=1S/C23H23ClN2O5/c1-30-22(28)14-9-7-13(8-10-14)21-20-16(15-5-3-4-6-17(15)25-20)11-18(23(29)31-2)26(21)19(27)12-24/h3-10,16,18,20-21,25H,11-12H2,1-2H3/t16?,18-,20?,21+/m0/s1. The first kappa shape index (κ1) is 21.2. The van der Waals surface area contributed by atoms with Gasteiger partial charge in [-0.25, -0.2) is 9.59 Å². The first-order chi connectivity index (χ1) is 15.0. The van der Waals surface area contributed by atoms with Crippen LogP contribution in [0.15, 0.2) is 48.5 Å². The fourth-order valence-electron chi connectivity index (χ4n) is 4.76. The fraction of sp³-hybridized carbons (Fsp3) is 0.348. The van der Waals surface area contributed by atoms with Gasteiger partial charge in [0.05, 0.1) is 31.9 Å². The third kappa shape index (κ3) is 3.63. The number of hydrogen-bond acceptors (Lipinski definition) is 6. The lowest BCUT2D eigenvalue weighted by atomic mass is 9.77. The molecule has 1 amide bonds. The average Bonchev–Trinajstić information content (AvgIpc) is 3.19. The summed E-state index contributed by atoms with van der Waals surface area (Å²) in [5.41, 5.74) is 3.28. The number of alkyl halides is 1. The normalized spacial score (nSPS) is 23.9. The molecule has 2 aromatic rings. The van der Waals surface area contributed by atoms with Crippen molar-refractivity contribution in [2.45, 2.75) is 30.5 Å². The minimum Gasteiger partial charge on any atom is -0.467 e. The third-order valence-electron chi connectivity index (χ3n) is 6.12. The van der Waals surface area contributed by atoms with Crippen LogP contribution < -0.4 is 5.32 Å². The largest absolute Gasteiger partial charge is 0.467 e. The van der Waals surface area contributed by atoms with Crippen molar-refractivity contribution >= 4 is 35.1 Å². The van der Waals surface area contributed by atoms with Crippen LogP contribution in [0.1, 0.15) is 39.9 Å². The number of carbonyl (C=O) groups is 3. The Bertz CT molecular complexity index is 1010. The number of carbonyl (C=O) groups excluding carboxylic acids is 3. The van der Waals surface area contributed by atoms with E-state index in [0.29, 0.717) is 12.0 Å². The molecule has 4 rings (SSSR count). The van der Waals surface area contributed by atoms with Crippen molar-refractivity contribution in [1.29, 1.82) is 0 Å². The molecule has 0 spiro atoms. The summed E-state index contributed by atoms with van der Waals surface area (Å²) >= 11 is 5.94. The smallest absolute Gasteiger partial charge is 0.337 e. The molecule has 7 nitrogen and oxygen atoms in total. The number of likely N-dealkylation sites (tertiary alicyclic amines) is 1. The molecule has 0 aromatic heterocycles. The molecule has 2 aliphatic rings. The lowest BCUT2D eigenvalue weighted by Crippen LogP contribution is -2.57. The molecular weight excluding hydrogens is 420 g/mol. The van der Waals surface area contributed by atoms with E-state index < -0.39 is 24.0 Å². The molecule has 0 bridgehead atoms. The van der Waals surface area contributed by atoms with E-state index in [-0.39, 0.29) is 23.7 Å². The number of methoxy groups -OCH3 is 2. The van der Waals surface area contributed by atoms with E-state index >= 15 is 0 Å². The molecule has 0 radical (unpaired) electrons. The maximum Gasteiger partial charge on any atom is 0.337 e. The summed E-state index contributed by atoms with van der Waals surface area (Å²) in [4.78, 5) is 39.1. The van der Waals surface area contributed by atoms with Crippen LogP contribution in [0, 0.1) is 0 Å². The van der Waals surface area contributed by atoms with E-state index in [9.17, 15) is 14.4 Å². The van der Waals surface area contributed by atoms with Gasteiger partial charge in [0.25, 0.3) is 0 Å². The number of hydrogen-bond donors (Lipinski definition) is 1. The van der Waals surface area contributed by atoms with Crippen molar-refractivity contribution in [3.05, 3.63) is 65.2 Å². The molecule has 2 unspecified atom stereocenters. The number of ether oxygens (including phenoxy) is 2. The van der Waals surface area contributed by atoms with E-state index in [2.05, 4.69) is 5.32 Å². The van der Waals surface area contributed by atoms with Gasteiger partial charge in [-0.3, -0.25) is 4.79 Å². The minimum atomic E-state index is -0.768. The van der Waals surface area contributed by atoms with Crippen molar-refractivity contribution in [2.75, 3.05) is 25.4 Å². The Morgan fingerprint density at radius 2 is 1.77 bits per heavy atom. The molecule has 162 valence electrons. The molecule has 1 fully saturated rings. The molecule has 1 N–H and O–H groups in total. The highest BCUT2D eigenvalue weighted by Crippen LogP contribution is 2.50. The predicted molar refractivity (Wildman–Crippen MR) is 115 cm³/mol. The van der Waals surface area contributed by atoms with Crippen LogP contribution in [0.25, 0.3) is 0 Å². The van der Waals surface area contributed by atoms with Gasteiger partial charge in [-0.05, 0) is 35.7 Å². The molecule has 31 heavy (non-hydrogen) atoms. The van der Waals surface area contributed by atoms with Crippen LogP contribution in [-0.2, 0) is 19.1 Å². The molecule has 1 saturated heterocycles. The molecule has 0 saturated carbocycles. The summed E-state index contributed by atoms with van der Waals surface area (Å²) in [5.74, 6) is -1.52. The van der Waals surface area contributed by atoms with E-state index in [1.54, 1.807) is 24.3 Å². The van der Waals surface area contributed by atoms with Crippen LogP contribution in [0.3, 0.4) is 0 Å². The van der Waals surface area contributed by atoms with Crippen LogP contribution >= 0.6 is 11.6 Å². The van der Waals surface area contributed by atoms with Gasteiger partial charge >= 0.3 is 11.9 Å². The Morgan fingerprint density at radius 1 is 1.06 bits per heavy atom. The van der Waals surface area contributed by atoms with E-state index in [1.807, 2.05) is 24.3 Å². The first-order valence-electron chi connectivity index (χ1n) is 9.98. The number of benzene rings is 2. The SMILES string of the molecule is COC(=O)c1ccc([C@@H]2C3Nc4ccccc4C3C[C@@H](C(=O)OC)N2C(=O)CCl)cc1. The summed E-state index contributed by atoms with van der Waals surface area (Å²) in [5, 5.41) is 3.54. The minimum absolute atomic E-state index is 0.00459. The van der Waals surface area contributed by atoms with Crippen LogP contribution in [0.4, 0.5) is 5.69 Å². The quantitative estimate of drug-likeness (QED) is 0.578. The zero-order valence-corrected chi connectivity index (χ0v) is 18.0. The second-order valence-electron chi connectivity index (χ2n) is 7.63.